The van der Waals surface area contributed by atoms with Gasteiger partial charge in [-0.3, -0.25) is 4.79 Å². The van der Waals surface area contributed by atoms with Gasteiger partial charge in [-0.2, -0.15) is 11.8 Å². The van der Waals surface area contributed by atoms with Crippen LogP contribution in [-0.4, -0.2) is 41.7 Å². The lowest BCUT2D eigenvalue weighted by Gasteiger charge is -2.19. The van der Waals surface area contributed by atoms with E-state index in [4.69, 9.17) is 5.73 Å². The van der Waals surface area contributed by atoms with Gasteiger partial charge >= 0.3 is 0 Å². The Balaban J connectivity index is 2.45. The van der Waals surface area contributed by atoms with Gasteiger partial charge in [-0.05, 0) is 30.4 Å². The molecule has 1 aromatic rings. The van der Waals surface area contributed by atoms with Crippen LogP contribution in [0.5, 0.6) is 0 Å². The number of rotatable bonds is 8. The van der Waals surface area contributed by atoms with Gasteiger partial charge in [-0.25, -0.2) is 0 Å². The molecule has 0 aliphatic rings. The summed E-state index contributed by atoms with van der Waals surface area (Å²) in [5.41, 5.74) is 6.88. The van der Waals surface area contributed by atoms with Gasteiger partial charge in [0.25, 0.3) is 0 Å². The van der Waals surface area contributed by atoms with Crippen molar-refractivity contribution in [3.8, 4) is 0 Å². The summed E-state index contributed by atoms with van der Waals surface area (Å²) >= 11 is 1.67. The highest BCUT2D eigenvalue weighted by molar-refractivity contribution is 7.98. The predicted octanol–water partition coefficient (Wildman–Crippen LogP) is 0.787. The van der Waals surface area contributed by atoms with Crippen molar-refractivity contribution >= 4 is 17.7 Å². The molecular weight excluding hydrogens is 260 g/mol. The minimum absolute atomic E-state index is 0.0874. The van der Waals surface area contributed by atoms with Crippen LogP contribution in [0.2, 0.25) is 0 Å². The summed E-state index contributed by atoms with van der Waals surface area (Å²) in [6.45, 7) is -0.0874. The molecule has 0 radical (unpaired) electrons. The maximum absolute atomic E-state index is 11.9. The Kier molecular flexibility index (Phi) is 7.55. The second-order valence-electron chi connectivity index (χ2n) is 4.47. The minimum Gasteiger partial charge on any atom is -0.394 e. The Morgan fingerprint density at radius 1 is 1.42 bits per heavy atom. The Hall–Kier alpha value is -1.04. The van der Waals surface area contributed by atoms with Crippen molar-refractivity contribution in [1.82, 2.24) is 5.32 Å². The van der Waals surface area contributed by atoms with E-state index < -0.39 is 6.04 Å². The summed E-state index contributed by atoms with van der Waals surface area (Å²) in [6, 6.07) is 8.98. The summed E-state index contributed by atoms with van der Waals surface area (Å²) < 4.78 is 0. The average molecular weight is 282 g/mol. The van der Waals surface area contributed by atoms with Crippen LogP contribution in [0.4, 0.5) is 0 Å². The first-order valence-corrected chi connectivity index (χ1v) is 7.76. The number of nitrogens with one attached hydrogen (secondary N) is 1. The topological polar surface area (TPSA) is 75.4 Å². The fourth-order valence-corrected chi connectivity index (χ4v) is 2.23. The van der Waals surface area contributed by atoms with E-state index in [1.54, 1.807) is 11.8 Å². The third-order valence-electron chi connectivity index (χ3n) is 2.86. The van der Waals surface area contributed by atoms with Gasteiger partial charge in [0.2, 0.25) is 5.91 Å². The second kappa shape index (κ2) is 8.96. The molecule has 5 heteroatoms. The lowest BCUT2D eigenvalue weighted by molar-refractivity contribution is -0.123. The first-order valence-electron chi connectivity index (χ1n) is 6.37. The highest BCUT2D eigenvalue weighted by atomic mass is 32.2. The molecule has 0 aliphatic carbocycles. The van der Waals surface area contributed by atoms with E-state index >= 15 is 0 Å². The first-order chi connectivity index (χ1) is 9.17. The van der Waals surface area contributed by atoms with Crippen LogP contribution in [-0.2, 0) is 11.2 Å². The van der Waals surface area contributed by atoms with Gasteiger partial charge in [0.05, 0.1) is 18.7 Å². The number of carbonyl (C=O) groups excluding carboxylic acids is 1. The average Bonchev–Trinajstić information content (AvgIpc) is 2.44. The molecule has 19 heavy (non-hydrogen) atoms. The predicted molar refractivity (Wildman–Crippen MR) is 80.1 cm³/mol. The van der Waals surface area contributed by atoms with E-state index in [0.29, 0.717) is 12.8 Å². The van der Waals surface area contributed by atoms with Crippen LogP contribution in [0, 0.1) is 0 Å². The fraction of sp³-hybridized carbons (Fsp3) is 0.500. The van der Waals surface area contributed by atoms with Crippen LogP contribution < -0.4 is 11.1 Å². The maximum Gasteiger partial charge on any atom is 0.237 e. The highest BCUT2D eigenvalue weighted by Gasteiger charge is 2.17. The lowest BCUT2D eigenvalue weighted by Crippen LogP contribution is -2.47. The zero-order valence-corrected chi connectivity index (χ0v) is 12.0. The summed E-state index contributed by atoms with van der Waals surface area (Å²) in [5.74, 6) is 0.667. The Morgan fingerprint density at radius 2 is 2.11 bits per heavy atom. The van der Waals surface area contributed by atoms with E-state index in [1.165, 1.54) is 0 Å². The van der Waals surface area contributed by atoms with Crippen molar-refractivity contribution in [3.63, 3.8) is 0 Å². The molecule has 106 valence electrons. The summed E-state index contributed by atoms with van der Waals surface area (Å²) in [5, 5.41) is 12.1. The number of hydrogen-bond acceptors (Lipinski definition) is 4. The fourth-order valence-electron chi connectivity index (χ4n) is 1.74. The first kappa shape index (κ1) is 16.0. The van der Waals surface area contributed by atoms with Crippen LogP contribution in [0.25, 0.3) is 0 Å². The molecule has 0 aliphatic heterocycles. The molecule has 1 rings (SSSR count). The SMILES string of the molecule is CSCC[C@@H](N)C(=O)N[C@@H](CO)Cc1ccccc1. The molecular formula is C14H22N2O2S. The van der Waals surface area contributed by atoms with Gasteiger partial charge in [0.1, 0.15) is 0 Å². The molecule has 2 atom stereocenters. The summed E-state index contributed by atoms with van der Waals surface area (Å²) in [6.07, 6.45) is 3.24. The molecule has 0 spiro atoms. The molecule has 0 saturated carbocycles. The van der Waals surface area contributed by atoms with Crippen molar-refractivity contribution < 1.29 is 9.90 Å². The molecule has 4 nitrogen and oxygen atoms in total. The lowest BCUT2D eigenvalue weighted by atomic mass is 10.1. The van der Waals surface area contributed by atoms with Crippen molar-refractivity contribution in [3.05, 3.63) is 35.9 Å². The summed E-state index contributed by atoms with van der Waals surface area (Å²) in [7, 11) is 0. The molecule has 0 heterocycles. The van der Waals surface area contributed by atoms with Crippen molar-refractivity contribution in [2.75, 3.05) is 18.6 Å². The molecule has 0 bridgehead atoms. The largest absolute Gasteiger partial charge is 0.394 e. The maximum atomic E-state index is 11.9. The van der Waals surface area contributed by atoms with Gasteiger partial charge in [0, 0.05) is 0 Å². The van der Waals surface area contributed by atoms with Crippen molar-refractivity contribution in [1.29, 1.82) is 0 Å². The summed E-state index contributed by atoms with van der Waals surface area (Å²) in [4.78, 5) is 11.9. The van der Waals surface area contributed by atoms with Gasteiger partial charge in [-0.15, -0.1) is 0 Å². The Labute approximate surface area is 118 Å². The molecule has 0 saturated heterocycles. The van der Waals surface area contributed by atoms with Gasteiger partial charge < -0.3 is 16.2 Å². The number of benzene rings is 1. The molecule has 1 aromatic carbocycles. The molecule has 0 fully saturated rings. The van der Waals surface area contributed by atoms with E-state index in [-0.39, 0.29) is 18.6 Å². The number of hydrogen-bond donors (Lipinski definition) is 3. The monoisotopic (exact) mass is 282 g/mol. The molecule has 0 unspecified atom stereocenters. The van der Waals surface area contributed by atoms with E-state index in [1.807, 2.05) is 36.6 Å². The minimum atomic E-state index is -0.503. The van der Waals surface area contributed by atoms with Crippen LogP contribution in [0.15, 0.2) is 30.3 Å². The number of amides is 1. The molecule has 0 aromatic heterocycles. The third kappa shape index (κ3) is 6.09. The molecule has 4 N–H and O–H groups in total. The van der Waals surface area contributed by atoms with Crippen LogP contribution >= 0.6 is 11.8 Å². The third-order valence-corrected chi connectivity index (χ3v) is 3.51. The number of aliphatic hydroxyl groups excluding tert-OH is 1. The Morgan fingerprint density at radius 3 is 2.68 bits per heavy atom. The quantitative estimate of drug-likeness (QED) is 0.659. The number of thioether (sulfide) groups is 1. The van der Waals surface area contributed by atoms with Crippen LogP contribution in [0.1, 0.15) is 12.0 Å². The Bertz CT molecular complexity index is 373. The van der Waals surface area contributed by atoms with E-state index in [0.717, 1.165) is 11.3 Å². The highest BCUT2D eigenvalue weighted by Crippen LogP contribution is 2.04. The zero-order valence-electron chi connectivity index (χ0n) is 11.2. The number of aliphatic hydroxyl groups is 1. The van der Waals surface area contributed by atoms with Gasteiger partial charge in [0.15, 0.2) is 0 Å². The van der Waals surface area contributed by atoms with Crippen molar-refractivity contribution in [2.45, 2.75) is 24.9 Å². The smallest absolute Gasteiger partial charge is 0.237 e. The zero-order chi connectivity index (χ0) is 14.1. The van der Waals surface area contributed by atoms with Crippen LogP contribution in [0.3, 0.4) is 0 Å². The van der Waals surface area contributed by atoms with Gasteiger partial charge in [-0.1, -0.05) is 30.3 Å². The number of carbonyl (C=O) groups is 1. The van der Waals surface area contributed by atoms with E-state index in [2.05, 4.69) is 5.32 Å². The standard InChI is InChI=1S/C14H22N2O2S/c1-19-8-7-13(15)14(18)16-12(10-17)9-11-5-3-2-4-6-11/h2-6,12-13,17H,7-10,15H2,1H3,(H,16,18)/t12-,13-/m1/s1. The van der Waals surface area contributed by atoms with Crippen molar-refractivity contribution in [2.24, 2.45) is 5.73 Å². The number of nitrogens with two attached hydrogens (primary N) is 1. The second-order valence-corrected chi connectivity index (χ2v) is 5.45. The molecule has 1 amide bonds. The normalized spacial score (nSPS) is 13.8. The van der Waals surface area contributed by atoms with E-state index in [9.17, 15) is 9.90 Å².